The van der Waals surface area contributed by atoms with Gasteiger partial charge in [-0.2, -0.15) is 13.2 Å². The molecule has 1 aromatic carbocycles. The zero-order valence-electron chi connectivity index (χ0n) is 17.1. The minimum absolute atomic E-state index is 0.0531. The van der Waals surface area contributed by atoms with E-state index in [4.69, 9.17) is 11.6 Å². The van der Waals surface area contributed by atoms with Gasteiger partial charge < -0.3 is 9.88 Å². The Balaban J connectivity index is 2.00. The maximum Gasteiger partial charge on any atom is 0.389 e. The fourth-order valence-electron chi connectivity index (χ4n) is 3.13. The van der Waals surface area contributed by atoms with Gasteiger partial charge in [0.1, 0.15) is 5.78 Å². The molecule has 0 spiro atoms. The summed E-state index contributed by atoms with van der Waals surface area (Å²) in [4.78, 5) is 40.6. The Bertz CT molecular complexity index is 1200. The maximum atomic E-state index is 12.9. The molecule has 0 atom stereocenters. The number of benzene rings is 1. The summed E-state index contributed by atoms with van der Waals surface area (Å²) < 4.78 is 40.5. The van der Waals surface area contributed by atoms with Gasteiger partial charge in [0.2, 0.25) is 11.7 Å². The van der Waals surface area contributed by atoms with Crippen LogP contribution in [-0.4, -0.2) is 38.4 Å². The highest BCUT2D eigenvalue weighted by molar-refractivity contribution is 6.30. The van der Waals surface area contributed by atoms with Crippen LogP contribution in [0, 0.1) is 0 Å². The largest absolute Gasteiger partial charge is 0.389 e. The van der Waals surface area contributed by atoms with Crippen LogP contribution in [0.4, 0.5) is 13.2 Å². The lowest BCUT2D eigenvalue weighted by atomic mass is 10.2. The lowest BCUT2D eigenvalue weighted by molar-refractivity contribution is -0.135. The molecule has 2 aromatic heterocycles. The van der Waals surface area contributed by atoms with E-state index in [-0.39, 0.29) is 43.1 Å². The van der Waals surface area contributed by atoms with E-state index in [1.54, 1.807) is 24.3 Å². The van der Waals surface area contributed by atoms with Crippen LogP contribution in [0.25, 0.3) is 17.0 Å². The third kappa shape index (κ3) is 5.97. The molecule has 0 aliphatic carbocycles. The third-order valence-electron chi connectivity index (χ3n) is 4.63. The lowest BCUT2D eigenvalue weighted by Crippen LogP contribution is -2.32. The molecule has 2 heterocycles. The van der Waals surface area contributed by atoms with Gasteiger partial charge in [-0.3, -0.25) is 18.8 Å². The number of rotatable bonds is 8. The number of carbonyl (C=O) groups is 2. The summed E-state index contributed by atoms with van der Waals surface area (Å²) in [5, 5.41) is 2.92. The van der Waals surface area contributed by atoms with Crippen molar-refractivity contribution in [2.75, 3.05) is 6.54 Å². The number of fused-ring (bicyclic) bond motifs is 1. The molecule has 0 saturated carbocycles. The van der Waals surface area contributed by atoms with E-state index in [1.807, 2.05) is 0 Å². The minimum Gasteiger partial charge on any atom is -0.349 e. The van der Waals surface area contributed by atoms with Gasteiger partial charge in [-0.1, -0.05) is 23.7 Å². The van der Waals surface area contributed by atoms with Crippen LogP contribution in [0.15, 0.2) is 41.5 Å². The number of halogens is 4. The topological polar surface area (TPSA) is 85.5 Å². The Labute approximate surface area is 185 Å². The molecular formula is C21H20ClF3N4O3. The van der Waals surface area contributed by atoms with Crippen molar-refractivity contribution in [3.63, 3.8) is 0 Å². The maximum absolute atomic E-state index is 12.9. The second-order valence-corrected chi connectivity index (χ2v) is 7.77. The van der Waals surface area contributed by atoms with Crippen LogP contribution in [0.2, 0.25) is 5.02 Å². The molecule has 1 N–H and O–H groups in total. The van der Waals surface area contributed by atoms with Gasteiger partial charge in [-0.05, 0) is 25.5 Å². The van der Waals surface area contributed by atoms with Crippen LogP contribution in [0.5, 0.6) is 0 Å². The molecule has 3 rings (SSSR count). The molecule has 0 aliphatic rings. The molecular weight excluding hydrogens is 449 g/mol. The fourth-order valence-corrected chi connectivity index (χ4v) is 3.26. The van der Waals surface area contributed by atoms with E-state index in [9.17, 15) is 27.6 Å². The van der Waals surface area contributed by atoms with Gasteiger partial charge in [-0.25, -0.2) is 4.98 Å². The van der Waals surface area contributed by atoms with Crippen LogP contribution in [0.3, 0.4) is 0 Å². The van der Waals surface area contributed by atoms with Gasteiger partial charge >= 0.3 is 6.18 Å². The number of aryl methyl sites for hydroxylation is 1. The Morgan fingerprint density at radius 2 is 1.84 bits per heavy atom. The van der Waals surface area contributed by atoms with Gasteiger partial charge in [0.25, 0.3) is 5.56 Å². The van der Waals surface area contributed by atoms with Crippen LogP contribution < -0.4 is 10.9 Å². The smallest absolute Gasteiger partial charge is 0.349 e. The molecule has 32 heavy (non-hydrogen) atoms. The first-order valence-corrected chi connectivity index (χ1v) is 10.1. The number of nitrogens with zero attached hydrogens (tertiary/aromatic N) is 3. The summed E-state index contributed by atoms with van der Waals surface area (Å²) in [7, 11) is 0. The van der Waals surface area contributed by atoms with Crippen LogP contribution in [-0.2, 0) is 22.6 Å². The van der Waals surface area contributed by atoms with Crippen molar-refractivity contribution in [1.29, 1.82) is 0 Å². The van der Waals surface area contributed by atoms with Gasteiger partial charge in [0.05, 0.1) is 18.7 Å². The summed E-state index contributed by atoms with van der Waals surface area (Å²) >= 11 is 5.91. The molecule has 0 fully saturated rings. The van der Waals surface area contributed by atoms with Crippen molar-refractivity contribution in [2.45, 2.75) is 38.9 Å². The summed E-state index contributed by atoms with van der Waals surface area (Å²) in [6.07, 6.45) is -3.03. The van der Waals surface area contributed by atoms with E-state index in [1.165, 1.54) is 28.3 Å². The van der Waals surface area contributed by atoms with Crippen molar-refractivity contribution in [1.82, 2.24) is 19.3 Å². The first-order chi connectivity index (χ1) is 15.0. The Morgan fingerprint density at radius 1 is 1.16 bits per heavy atom. The SMILES string of the molecule is CC(=O)CNC(=O)Cc1cn(CCCC(F)(F)F)c2nc(-c3ccc(Cl)cc3)cn2c1=O. The normalized spacial score (nSPS) is 11.7. The van der Waals surface area contributed by atoms with Crippen molar-refractivity contribution < 1.29 is 22.8 Å². The van der Waals surface area contributed by atoms with Crippen molar-refractivity contribution in [3.8, 4) is 11.3 Å². The van der Waals surface area contributed by atoms with E-state index in [2.05, 4.69) is 10.3 Å². The molecule has 0 aliphatic heterocycles. The standard InChI is InChI=1S/C21H20ClF3N4O3/c1-13(30)10-26-18(31)9-15-11-28(8-2-7-21(23,24)25)20-27-17(12-29(20)19(15)32)14-3-5-16(22)6-4-14/h3-6,11-12H,2,7-10H2,1H3,(H,26,31). The molecule has 3 aromatic rings. The molecule has 11 heteroatoms. The second-order valence-electron chi connectivity index (χ2n) is 7.33. The van der Waals surface area contributed by atoms with Crippen LogP contribution in [0.1, 0.15) is 25.3 Å². The number of aromatic nitrogens is 3. The van der Waals surface area contributed by atoms with E-state index in [0.717, 1.165) is 0 Å². The summed E-state index contributed by atoms with van der Waals surface area (Å²) in [5.41, 5.74) is 0.657. The summed E-state index contributed by atoms with van der Waals surface area (Å²) in [6, 6.07) is 6.72. The zero-order valence-corrected chi connectivity index (χ0v) is 17.8. The highest BCUT2D eigenvalue weighted by Crippen LogP contribution is 2.23. The number of ketones is 1. The number of hydrogen-bond acceptors (Lipinski definition) is 4. The lowest BCUT2D eigenvalue weighted by Gasteiger charge is -2.12. The molecule has 170 valence electrons. The molecule has 0 radical (unpaired) electrons. The Hall–Kier alpha value is -3.14. The number of carbonyl (C=O) groups excluding carboxylic acids is 2. The highest BCUT2D eigenvalue weighted by atomic mass is 35.5. The fraction of sp³-hybridized carbons (Fsp3) is 0.333. The van der Waals surface area contributed by atoms with E-state index < -0.39 is 24.1 Å². The number of amides is 1. The van der Waals surface area contributed by atoms with Crippen LogP contribution >= 0.6 is 11.6 Å². The van der Waals surface area contributed by atoms with Gasteiger partial charge in [-0.15, -0.1) is 0 Å². The van der Waals surface area contributed by atoms with Gasteiger partial charge in [0.15, 0.2) is 0 Å². The first kappa shape index (κ1) is 23.5. The molecule has 0 saturated heterocycles. The Morgan fingerprint density at radius 3 is 2.47 bits per heavy atom. The van der Waals surface area contributed by atoms with Crippen molar-refractivity contribution in [3.05, 3.63) is 57.6 Å². The Kier molecular flexibility index (Phi) is 7.02. The van der Waals surface area contributed by atoms with Crippen molar-refractivity contribution in [2.24, 2.45) is 0 Å². The molecule has 1 amide bonds. The zero-order chi connectivity index (χ0) is 23.5. The first-order valence-electron chi connectivity index (χ1n) is 9.74. The van der Waals surface area contributed by atoms with E-state index in [0.29, 0.717) is 16.3 Å². The number of imidazole rings is 1. The predicted octanol–water partition coefficient (Wildman–Crippen LogP) is 3.41. The summed E-state index contributed by atoms with van der Waals surface area (Å²) in [6.45, 7) is 1.08. The number of alkyl halides is 3. The number of Topliss-reactive ketones (excluding diaryl/α,β-unsaturated/α-hetero) is 1. The third-order valence-corrected chi connectivity index (χ3v) is 4.89. The van der Waals surface area contributed by atoms with Crippen molar-refractivity contribution >= 4 is 29.1 Å². The number of nitrogens with one attached hydrogen (secondary N) is 1. The van der Waals surface area contributed by atoms with Gasteiger partial charge in [0, 0.05) is 41.5 Å². The quantitative estimate of drug-likeness (QED) is 0.549. The van der Waals surface area contributed by atoms with E-state index >= 15 is 0 Å². The average Bonchev–Trinajstić information content (AvgIpc) is 3.15. The minimum atomic E-state index is -4.31. The molecule has 0 bridgehead atoms. The number of hydrogen-bond donors (Lipinski definition) is 1. The molecule has 0 unspecified atom stereocenters. The second kappa shape index (κ2) is 9.56. The monoisotopic (exact) mass is 468 g/mol. The highest BCUT2D eigenvalue weighted by Gasteiger charge is 2.26. The molecule has 7 nitrogen and oxygen atoms in total. The predicted molar refractivity (Wildman–Crippen MR) is 113 cm³/mol. The summed E-state index contributed by atoms with van der Waals surface area (Å²) in [5.74, 6) is -0.632. The average molecular weight is 469 g/mol.